The van der Waals surface area contributed by atoms with E-state index in [1.54, 1.807) is 0 Å². The highest BCUT2D eigenvalue weighted by atomic mass is 15.2. The number of H-pyrrole nitrogens is 1. The second kappa shape index (κ2) is 5.53. The van der Waals surface area contributed by atoms with Crippen LogP contribution < -0.4 is 5.32 Å². The molecule has 2 aromatic heterocycles. The Balaban J connectivity index is 1.85. The molecule has 2 aromatic carbocycles. The van der Waals surface area contributed by atoms with Crippen LogP contribution >= 0.6 is 0 Å². The van der Waals surface area contributed by atoms with Crippen LogP contribution in [0.2, 0.25) is 0 Å². The normalized spacial score (nSPS) is 10.8. The topological polar surface area (TPSA) is 66.5 Å². The van der Waals surface area contributed by atoms with Gasteiger partial charge in [-0.1, -0.05) is 48.0 Å². The second-order valence-corrected chi connectivity index (χ2v) is 5.38. The zero-order valence-electron chi connectivity index (χ0n) is 12.6. The van der Waals surface area contributed by atoms with Gasteiger partial charge in [-0.3, -0.25) is 5.10 Å². The molecule has 0 fully saturated rings. The van der Waals surface area contributed by atoms with Crippen LogP contribution in [-0.4, -0.2) is 20.2 Å². The lowest BCUT2D eigenvalue weighted by Gasteiger charge is -2.07. The molecule has 4 rings (SSSR count). The largest absolute Gasteiger partial charge is 0.340 e. The average Bonchev–Trinajstić information content (AvgIpc) is 3.02. The Labute approximate surface area is 133 Å². The van der Waals surface area contributed by atoms with E-state index >= 15 is 0 Å². The van der Waals surface area contributed by atoms with E-state index in [1.807, 2.05) is 30.3 Å². The maximum absolute atomic E-state index is 4.40. The minimum Gasteiger partial charge on any atom is -0.340 e. The molecule has 5 heteroatoms. The van der Waals surface area contributed by atoms with Gasteiger partial charge in [0.05, 0.1) is 11.1 Å². The standard InChI is InChI=1S/C18H15N5/c1-12-7-9-13(10-8-12)16-15-17(19-11-20-18(15)23-22-16)21-14-5-3-2-4-6-14/h2-11H,1H3,(H2,19,20,21,22,23). The first-order valence-electron chi connectivity index (χ1n) is 7.39. The van der Waals surface area contributed by atoms with Gasteiger partial charge in [-0.2, -0.15) is 5.10 Å². The van der Waals surface area contributed by atoms with Crippen LogP contribution in [0, 0.1) is 6.92 Å². The first-order chi connectivity index (χ1) is 11.3. The van der Waals surface area contributed by atoms with Crippen molar-refractivity contribution in [3.63, 3.8) is 0 Å². The highest BCUT2D eigenvalue weighted by Gasteiger charge is 2.14. The van der Waals surface area contributed by atoms with Crippen molar-refractivity contribution in [3.05, 3.63) is 66.5 Å². The fourth-order valence-electron chi connectivity index (χ4n) is 2.54. The summed E-state index contributed by atoms with van der Waals surface area (Å²) in [5.41, 5.74) is 4.82. The quantitative estimate of drug-likeness (QED) is 0.598. The molecule has 0 bridgehead atoms. The van der Waals surface area contributed by atoms with E-state index in [1.165, 1.54) is 11.9 Å². The number of nitrogens with one attached hydrogen (secondary N) is 2. The minimum absolute atomic E-state index is 0.647. The second-order valence-electron chi connectivity index (χ2n) is 5.38. The van der Waals surface area contributed by atoms with Crippen LogP contribution in [0.25, 0.3) is 22.3 Å². The van der Waals surface area contributed by atoms with Crippen molar-refractivity contribution in [2.45, 2.75) is 6.92 Å². The molecule has 0 saturated heterocycles. The molecule has 0 aliphatic rings. The molecule has 0 spiro atoms. The zero-order valence-corrected chi connectivity index (χ0v) is 12.6. The van der Waals surface area contributed by atoms with Crippen molar-refractivity contribution in [1.82, 2.24) is 20.2 Å². The lowest BCUT2D eigenvalue weighted by molar-refractivity contribution is 1.09. The van der Waals surface area contributed by atoms with Gasteiger partial charge in [-0.05, 0) is 19.1 Å². The van der Waals surface area contributed by atoms with E-state index in [4.69, 9.17) is 0 Å². The van der Waals surface area contributed by atoms with Crippen molar-refractivity contribution in [2.75, 3.05) is 5.32 Å². The van der Waals surface area contributed by atoms with Gasteiger partial charge in [-0.25, -0.2) is 9.97 Å². The monoisotopic (exact) mass is 301 g/mol. The molecule has 23 heavy (non-hydrogen) atoms. The summed E-state index contributed by atoms with van der Waals surface area (Å²) in [7, 11) is 0. The number of aromatic nitrogens is 4. The third-order valence-corrected chi connectivity index (χ3v) is 3.73. The third-order valence-electron chi connectivity index (χ3n) is 3.73. The van der Waals surface area contributed by atoms with Gasteiger partial charge in [0.2, 0.25) is 0 Å². The van der Waals surface area contributed by atoms with E-state index in [0.29, 0.717) is 5.65 Å². The molecule has 112 valence electrons. The van der Waals surface area contributed by atoms with Crippen molar-refractivity contribution in [3.8, 4) is 11.3 Å². The molecule has 0 aliphatic heterocycles. The molecule has 2 N–H and O–H groups in total. The van der Waals surface area contributed by atoms with Crippen LogP contribution in [0.3, 0.4) is 0 Å². The summed E-state index contributed by atoms with van der Waals surface area (Å²) >= 11 is 0. The molecule has 0 atom stereocenters. The summed E-state index contributed by atoms with van der Waals surface area (Å²) < 4.78 is 0. The van der Waals surface area contributed by atoms with Crippen LogP contribution in [0.15, 0.2) is 60.9 Å². The highest BCUT2D eigenvalue weighted by Crippen LogP contribution is 2.31. The van der Waals surface area contributed by atoms with Gasteiger partial charge in [-0.15, -0.1) is 0 Å². The van der Waals surface area contributed by atoms with Gasteiger partial charge in [0.1, 0.15) is 12.1 Å². The van der Waals surface area contributed by atoms with E-state index in [9.17, 15) is 0 Å². The number of aryl methyl sites for hydroxylation is 1. The predicted molar refractivity (Wildman–Crippen MR) is 91.6 cm³/mol. The number of hydrogen-bond donors (Lipinski definition) is 2. The molecular formula is C18H15N5. The summed E-state index contributed by atoms with van der Waals surface area (Å²) in [6.45, 7) is 2.07. The van der Waals surface area contributed by atoms with E-state index in [2.05, 4.69) is 56.7 Å². The molecule has 0 radical (unpaired) electrons. The van der Waals surface area contributed by atoms with Crippen LogP contribution in [0.4, 0.5) is 11.5 Å². The number of rotatable bonds is 3. The van der Waals surface area contributed by atoms with Crippen LogP contribution in [-0.2, 0) is 0 Å². The fourth-order valence-corrected chi connectivity index (χ4v) is 2.54. The molecule has 4 aromatic rings. The summed E-state index contributed by atoms with van der Waals surface area (Å²) in [5.74, 6) is 0.741. The summed E-state index contributed by atoms with van der Waals surface area (Å²) in [6, 6.07) is 18.2. The van der Waals surface area contributed by atoms with E-state index in [-0.39, 0.29) is 0 Å². The lowest BCUT2D eigenvalue weighted by atomic mass is 10.1. The maximum Gasteiger partial charge on any atom is 0.186 e. The highest BCUT2D eigenvalue weighted by molar-refractivity contribution is 5.99. The summed E-state index contributed by atoms with van der Waals surface area (Å²) in [6.07, 6.45) is 1.52. The Bertz CT molecular complexity index is 942. The van der Waals surface area contributed by atoms with Gasteiger partial charge in [0, 0.05) is 11.3 Å². The van der Waals surface area contributed by atoms with Gasteiger partial charge in [0.15, 0.2) is 5.65 Å². The molecule has 0 amide bonds. The number of para-hydroxylation sites is 1. The molecule has 2 heterocycles. The Morgan fingerprint density at radius 3 is 2.48 bits per heavy atom. The Kier molecular flexibility index (Phi) is 3.24. The van der Waals surface area contributed by atoms with Crippen molar-refractivity contribution in [1.29, 1.82) is 0 Å². The Hall–Kier alpha value is -3.21. The number of anilines is 2. The fraction of sp³-hybridized carbons (Fsp3) is 0.0556. The molecule has 0 aliphatic carbocycles. The van der Waals surface area contributed by atoms with Crippen LogP contribution in [0.5, 0.6) is 0 Å². The van der Waals surface area contributed by atoms with E-state index in [0.717, 1.165) is 28.1 Å². The smallest absolute Gasteiger partial charge is 0.186 e. The molecule has 0 saturated carbocycles. The molecular weight excluding hydrogens is 286 g/mol. The zero-order chi connectivity index (χ0) is 15.6. The Morgan fingerprint density at radius 2 is 1.70 bits per heavy atom. The Morgan fingerprint density at radius 1 is 0.913 bits per heavy atom. The van der Waals surface area contributed by atoms with Crippen LogP contribution in [0.1, 0.15) is 5.56 Å². The number of aromatic amines is 1. The van der Waals surface area contributed by atoms with Crippen molar-refractivity contribution >= 4 is 22.5 Å². The maximum atomic E-state index is 4.40. The molecule has 0 unspecified atom stereocenters. The first-order valence-corrected chi connectivity index (χ1v) is 7.39. The average molecular weight is 301 g/mol. The molecule has 5 nitrogen and oxygen atoms in total. The summed E-state index contributed by atoms with van der Waals surface area (Å²) in [5, 5.41) is 11.6. The number of nitrogens with zero attached hydrogens (tertiary/aromatic N) is 3. The third kappa shape index (κ3) is 2.53. The van der Waals surface area contributed by atoms with Gasteiger partial charge in [0.25, 0.3) is 0 Å². The SMILES string of the molecule is Cc1ccc(-c2[nH]nc3ncnc(Nc4ccccc4)c23)cc1. The van der Waals surface area contributed by atoms with Crippen molar-refractivity contribution < 1.29 is 0 Å². The van der Waals surface area contributed by atoms with E-state index < -0.39 is 0 Å². The van der Waals surface area contributed by atoms with Crippen molar-refractivity contribution in [2.24, 2.45) is 0 Å². The minimum atomic E-state index is 0.647. The lowest BCUT2D eigenvalue weighted by Crippen LogP contribution is -1.95. The van der Waals surface area contributed by atoms with Gasteiger partial charge >= 0.3 is 0 Å². The first kappa shape index (κ1) is 13.5. The summed E-state index contributed by atoms with van der Waals surface area (Å²) in [4.78, 5) is 8.65. The predicted octanol–water partition coefficient (Wildman–Crippen LogP) is 4.07. The number of benzene rings is 2. The van der Waals surface area contributed by atoms with Gasteiger partial charge < -0.3 is 5.32 Å². The number of hydrogen-bond acceptors (Lipinski definition) is 4. The number of fused-ring (bicyclic) bond motifs is 1.